The first-order chi connectivity index (χ1) is 9.87. The van der Waals surface area contributed by atoms with Crippen LogP contribution in [-0.4, -0.2) is 35.2 Å². The Labute approximate surface area is 123 Å². The van der Waals surface area contributed by atoms with Crippen molar-refractivity contribution in [1.29, 1.82) is 0 Å². The van der Waals surface area contributed by atoms with Crippen LogP contribution in [0.1, 0.15) is 38.1 Å². The lowest BCUT2D eigenvalue weighted by molar-refractivity contribution is -0.131. The largest absolute Gasteiger partial charge is 0.364 e. The topological polar surface area (TPSA) is 93.5 Å². The molecule has 1 unspecified atom stereocenters. The molecule has 7 nitrogen and oxygen atoms in total. The first-order valence-electron chi connectivity index (χ1n) is 6.97. The average Bonchev–Trinajstić information content (AvgIpc) is 2.78. The molecule has 0 spiro atoms. The Hall–Kier alpha value is -1.89. The number of rotatable bonds is 5. The van der Waals surface area contributed by atoms with Crippen molar-refractivity contribution in [3.05, 3.63) is 17.5 Å². The van der Waals surface area contributed by atoms with Crippen molar-refractivity contribution in [2.45, 2.75) is 51.8 Å². The van der Waals surface area contributed by atoms with Gasteiger partial charge in [-0.1, -0.05) is 5.16 Å². The molecule has 1 saturated heterocycles. The summed E-state index contributed by atoms with van der Waals surface area (Å²) in [4.78, 5) is 23.3. The lowest BCUT2D eigenvalue weighted by Crippen LogP contribution is -2.62. The summed E-state index contributed by atoms with van der Waals surface area (Å²) >= 11 is 0. The van der Waals surface area contributed by atoms with E-state index in [0.29, 0.717) is 18.6 Å². The fourth-order valence-electron chi connectivity index (χ4n) is 2.36. The Morgan fingerprint density at radius 3 is 3.00 bits per heavy atom. The molecule has 2 amide bonds. The molecule has 0 aliphatic carbocycles. The third kappa shape index (κ3) is 4.29. The van der Waals surface area contributed by atoms with E-state index in [2.05, 4.69) is 15.8 Å². The third-order valence-electron chi connectivity index (χ3n) is 3.48. The smallest absolute Gasteiger partial charge is 0.246 e. The molecule has 0 aromatic carbocycles. The maximum atomic E-state index is 11.9. The van der Waals surface area contributed by atoms with Crippen LogP contribution in [0.4, 0.5) is 0 Å². The zero-order valence-electron chi connectivity index (χ0n) is 12.6. The highest BCUT2D eigenvalue weighted by Gasteiger charge is 2.36. The third-order valence-corrected chi connectivity index (χ3v) is 3.48. The minimum atomic E-state index is -0.451. The molecule has 0 radical (unpaired) electrons. The zero-order chi connectivity index (χ0) is 15.5. The van der Waals surface area contributed by atoms with Crippen molar-refractivity contribution in [3.63, 3.8) is 0 Å². The summed E-state index contributed by atoms with van der Waals surface area (Å²) in [5, 5.41) is 9.51. The molecule has 2 rings (SSSR count). The maximum absolute atomic E-state index is 11.9. The number of aromatic nitrogens is 1. The molecule has 0 bridgehead atoms. The standard InChI is InChI=1S/C14H21N3O4/c1-9-6-10(21-17-9)7-20-8-13(19)15-11-4-5-12(18)16-14(11,2)3/h6,11H,4-5,7-8H2,1-3H3,(H,15,19)(H,16,18). The number of hydrogen-bond acceptors (Lipinski definition) is 5. The molecule has 1 fully saturated rings. The first-order valence-corrected chi connectivity index (χ1v) is 6.97. The van der Waals surface area contributed by atoms with Crippen molar-refractivity contribution < 1.29 is 18.8 Å². The van der Waals surface area contributed by atoms with Crippen LogP contribution in [-0.2, 0) is 20.9 Å². The Morgan fingerprint density at radius 1 is 1.62 bits per heavy atom. The van der Waals surface area contributed by atoms with Gasteiger partial charge in [0.25, 0.3) is 0 Å². The summed E-state index contributed by atoms with van der Waals surface area (Å²) in [6, 6.07) is 1.66. The number of hydrogen-bond donors (Lipinski definition) is 2. The molecule has 0 saturated carbocycles. The Bertz CT molecular complexity index is 524. The second-order valence-corrected chi connectivity index (χ2v) is 5.86. The van der Waals surface area contributed by atoms with E-state index in [-0.39, 0.29) is 31.1 Å². The van der Waals surface area contributed by atoms with Crippen LogP contribution in [0.5, 0.6) is 0 Å². The van der Waals surface area contributed by atoms with Gasteiger partial charge in [0, 0.05) is 12.5 Å². The fraction of sp³-hybridized carbons (Fsp3) is 0.643. The monoisotopic (exact) mass is 295 g/mol. The van der Waals surface area contributed by atoms with Gasteiger partial charge in [-0.25, -0.2) is 0 Å². The second-order valence-electron chi connectivity index (χ2n) is 5.86. The second kappa shape index (κ2) is 6.26. The lowest BCUT2D eigenvalue weighted by Gasteiger charge is -2.39. The van der Waals surface area contributed by atoms with Gasteiger partial charge in [-0.2, -0.15) is 0 Å². The molecular formula is C14H21N3O4. The van der Waals surface area contributed by atoms with Crippen LogP contribution < -0.4 is 10.6 Å². The number of piperidine rings is 1. The SMILES string of the molecule is Cc1cc(COCC(=O)NC2CCC(=O)NC2(C)C)on1. The number of nitrogens with one attached hydrogen (secondary N) is 2. The summed E-state index contributed by atoms with van der Waals surface area (Å²) in [5.74, 6) is 0.397. The molecule has 2 N–H and O–H groups in total. The fourth-order valence-corrected chi connectivity index (χ4v) is 2.36. The quantitative estimate of drug-likeness (QED) is 0.833. The highest BCUT2D eigenvalue weighted by molar-refractivity contribution is 5.80. The summed E-state index contributed by atoms with van der Waals surface area (Å²) in [6.45, 7) is 5.76. The van der Waals surface area contributed by atoms with Crippen LogP contribution in [0, 0.1) is 6.92 Å². The van der Waals surface area contributed by atoms with Gasteiger partial charge in [0.1, 0.15) is 13.2 Å². The molecule has 21 heavy (non-hydrogen) atoms. The maximum Gasteiger partial charge on any atom is 0.246 e. The van der Waals surface area contributed by atoms with E-state index >= 15 is 0 Å². The van der Waals surface area contributed by atoms with E-state index in [4.69, 9.17) is 9.26 Å². The van der Waals surface area contributed by atoms with Crippen LogP contribution in [0.3, 0.4) is 0 Å². The van der Waals surface area contributed by atoms with Crippen molar-refractivity contribution in [1.82, 2.24) is 15.8 Å². The van der Waals surface area contributed by atoms with Gasteiger partial charge < -0.3 is 19.9 Å². The van der Waals surface area contributed by atoms with E-state index in [0.717, 1.165) is 5.69 Å². The van der Waals surface area contributed by atoms with Crippen molar-refractivity contribution >= 4 is 11.8 Å². The van der Waals surface area contributed by atoms with Crippen LogP contribution in [0.2, 0.25) is 0 Å². The van der Waals surface area contributed by atoms with Crippen molar-refractivity contribution in [2.24, 2.45) is 0 Å². The number of ether oxygens (including phenoxy) is 1. The molecule has 1 aliphatic heterocycles. The molecule has 1 aliphatic rings. The zero-order valence-corrected chi connectivity index (χ0v) is 12.6. The normalized spacial score (nSPS) is 20.9. The Kier molecular flexibility index (Phi) is 4.62. The summed E-state index contributed by atoms with van der Waals surface area (Å²) in [7, 11) is 0. The van der Waals surface area contributed by atoms with E-state index in [1.807, 2.05) is 20.8 Å². The van der Waals surface area contributed by atoms with Crippen LogP contribution >= 0.6 is 0 Å². The number of nitrogens with zero attached hydrogens (tertiary/aromatic N) is 1. The Balaban J connectivity index is 1.75. The van der Waals surface area contributed by atoms with E-state index in [1.54, 1.807) is 6.07 Å². The predicted molar refractivity (Wildman–Crippen MR) is 74.3 cm³/mol. The van der Waals surface area contributed by atoms with Gasteiger partial charge in [-0.05, 0) is 27.2 Å². The predicted octanol–water partition coefficient (Wildman–Crippen LogP) is 0.673. The Morgan fingerprint density at radius 2 is 2.38 bits per heavy atom. The summed E-state index contributed by atoms with van der Waals surface area (Å²) < 4.78 is 10.3. The highest BCUT2D eigenvalue weighted by Crippen LogP contribution is 2.19. The molecule has 1 aromatic heterocycles. The number of carbonyl (C=O) groups excluding carboxylic acids is 2. The summed E-state index contributed by atoms with van der Waals surface area (Å²) in [5.41, 5.74) is 0.324. The van der Waals surface area contributed by atoms with Gasteiger partial charge in [-0.15, -0.1) is 0 Å². The van der Waals surface area contributed by atoms with E-state index < -0.39 is 5.54 Å². The van der Waals surface area contributed by atoms with E-state index in [9.17, 15) is 9.59 Å². The van der Waals surface area contributed by atoms with Gasteiger partial charge in [0.2, 0.25) is 11.8 Å². The highest BCUT2D eigenvalue weighted by atomic mass is 16.5. The van der Waals surface area contributed by atoms with Crippen LogP contribution in [0.15, 0.2) is 10.6 Å². The molecule has 116 valence electrons. The number of carbonyl (C=O) groups is 2. The van der Waals surface area contributed by atoms with Gasteiger partial charge >= 0.3 is 0 Å². The molecule has 7 heteroatoms. The van der Waals surface area contributed by atoms with Gasteiger partial charge in [0.05, 0.1) is 17.3 Å². The molecular weight excluding hydrogens is 274 g/mol. The molecule has 2 heterocycles. The van der Waals surface area contributed by atoms with Crippen molar-refractivity contribution in [2.75, 3.05) is 6.61 Å². The van der Waals surface area contributed by atoms with Crippen LogP contribution in [0.25, 0.3) is 0 Å². The van der Waals surface area contributed by atoms with Gasteiger partial charge in [-0.3, -0.25) is 9.59 Å². The van der Waals surface area contributed by atoms with E-state index in [1.165, 1.54) is 0 Å². The van der Waals surface area contributed by atoms with Crippen molar-refractivity contribution in [3.8, 4) is 0 Å². The first kappa shape index (κ1) is 15.5. The minimum absolute atomic E-state index is 0.0161. The summed E-state index contributed by atoms with van der Waals surface area (Å²) in [6.07, 6.45) is 1.05. The minimum Gasteiger partial charge on any atom is -0.364 e. The average molecular weight is 295 g/mol. The lowest BCUT2D eigenvalue weighted by atomic mass is 9.87. The number of amides is 2. The molecule has 1 atom stereocenters. The van der Waals surface area contributed by atoms with Gasteiger partial charge in [0.15, 0.2) is 5.76 Å². The number of aryl methyl sites for hydroxylation is 1. The molecule has 1 aromatic rings.